The first-order valence-electron chi connectivity index (χ1n) is 3.44. The molecule has 3 nitrogen and oxygen atoms in total. The van der Waals surface area contributed by atoms with Crippen LogP contribution >= 0.6 is 0 Å². The average molecular weight is 225 g/mol. The molecule has 0 fully saturated rings. The van der Waals surface area contributed by atoms with E-state index in [2.05, 4.69) is 4.98 Å². The highest BCUT2D eigenvalue weighted by Crippen LogP contribution is 2.33. The number of nitrogens with zero attached hydrogens (tertiary/aromatic N) is 1. The van der Waals surface area contributed by atoms with E-state index in [-0.39, 0.29) is 0 Å². The van der Waals surface area contributed by atoms with Crippen molar-refractivity contribution in [3.63, 3.8) is 0 Å². The van der Waals surface area contributed by atoms with Crippen LogP contribution in [0.5, 0.6) is 0 Å². The molecule has 0 saturated carbocycles. The van der Waals surface area contributed by atoms with Gasteiger partial charge in [-0.15, -0.1) is 0 Å². The van der Waals surface area contributed by atoms with Gasteiger partial charge in [0.05, 0.1) is 10.5 Å². The van der Waals surface area contributed by atoms with E-state index in [1.54, 1.807) is 0 Å². The second-order valence-corrected chi connectivity index (χ2v) is 4.63. The van der Waals surface area contributed by atoms with E-state index in [0.29, 0.717) is 6.20 Å². The molecule has 0 N–H and O–H groups in total. The Hall–Kier alpha value is -1.11. The molecule has 1 aromatic rings. The third-order valence-electron chi connectivity index (χ3n) is 1.49. The van der Waals surface area contributed by atoms with Crippen molar-refractivity contribution < 1.29 is 21.6 Å². The van der Waals surface area contributed by atoms with E-state index in [4.69, 9.17) is 0 Å². The molecule has 0 spiro atoms. The van der Waals surface area contributed by atoms with E-state index < -0.39 is 26.5 Å². The zero-order valence-corrected chi connectivity index (χ0v) is 7.85. The smallest absolute Gasteiger partial charge is 0.264 e. The minimum atomic E-state index is -4.70. The number of rotatable bonds is 1. The molecule has 0 atom stereocenters. The van der Waals surface area contributed by atoms with Crippen LogP contribution in [0.1, 0.15) is 5.56 Å². The maximum absolute atomic E-state index is 12.3. The fourth-order valence-electron chi connectivity index (χ4n) is 0.918. The maximum atomic E-state index is 12.3. The third kappa shape index (κ3) is 2.22. The van der Waals surface area contributed by atoms with Crippen molar-refractivity contribution in [2.24, 2.45) is 0 Å². The van der Waals surface area contributed by atoms with Gasteiger partial charge < -0.3 is 0 Å². The molecule has 14 heavy (non-hydrogen) atoms. The topological polar surface area (TPSA) is 47.0 Å². The number of hydrogen-bond acceptors (Lipinski definition) is 3. The number of halogens is 3. The molecule has 0 saturated heterocycles. The lowest BCUT2D eigenvalue weighted by atomic mass is 10.3. The second-order valence-electron chi connectivity index (χ2n) is 2.64. The van der Waals surface area contributed by atoms with Crippen LogP contribution in [-0.2, 0) is 16.0 Å². The molecular formula is C7H6F3NO2S. The Balaban J connectivity index is 3.47. The number of hydrogen-bond donors (Lipinski definition) is 0. The number of pyridine rings is 1. The van der Waals surface area contributed by atoms with Gasteiger partial charge in [0, 0.05) is 18.6 Å². The molecule has 0 aliphatic rings. The minimum Gasteiger partial charge on any atom is -0.264 e. The van der Waals surface area contributed by atoms with Crippen LogP contribution in [0.4, 0.5) is 13.2 Å². The Morgan fingerprint density at radius 1 is 1.36 bits per heavy atom. The van der Waals surface area contributed by atoms with E-state index >= 15 is 0 Å². The Labute approximate surface area is 78.5 Å². The van der Waals surface area contributed by atoms with Crippen molar-refractivity contribution in [1.29, 1.82) is 0 Å². The zero-order chi connectivity index (χ0) is 11.0. The summed E-state index contributed by atoms with van der Waals surface area (Å²) in [4.78, 5) is 2.49. The summed E-state index contributed by atoms with van der Waals surface area (Å²) in [5.41, 5.74) is -1.23. The summed E-state index contributed by atoms with van der Waals surface area (Å²) >= 11 is 0. The minimum absolute atomic E-state index is 0.496. The van der Waals surface area contributed by atoms with Crippen LogP contribution < -0.4 is 0 Å². The molecule has 0 amide bonds. The van der Waals surface area contributed by atoms with Crippen LogP contribution in [0, 0.1) is 0 Å². The fourth-order valence-corrected chi connectivity index (χ4v) is 1.79. The van der Waals surface area contributed by atoms with Crippen LogP contribution in [0.2, 0.25) is 0 Å². The first kappa shape index (κ1) is 11.0. The van der Waals surface area contributed by atoms with Gasteiger partial charge in [-0.1, -0.05) is 0 Å². The molecule has 0 aliphatic heterocycles. The number of aromatic nitrogens is 1. The highest BCUT2D eigenvalue weighted by molar-refractivity contribution is 7.90. The Morgan fingerprint density at radius 2 is 1.93 bits per heavy atom. The zero-order valence-electron chi connectivity index (χ0n) is 7.04. The Morgan fingerprint density at radius 3 is 2.29 bits per heavy atom. The van der Waals surface area contributed by atoms with Crippen molar-refractivity contribution in [2.75, 3.05) is 6.26 Å². The highest BCUT2D eigenvalue weighted by atomic mass is 32.2. The second kappa shape index (κ2) is 3.23. The van der Waals surface area contributed by atoms with E-state index in [0.717, 1.165) is 18.5 Å². The van der Waals surface area contributed by atoms with Gasteiger partial charge in [0.1, 0.15) is 0 Å². The van der Waals surface area contributed by atoms with Crippen molar-refractivity contribution >= 4 is 9.84 Å². The molecule has 1 heterocycles. The van der Waals surface area contributed by atoms with Gasteiger partial charge in [-0.05, 0) is 6.07 Å². The van der Waals surface area contributed by atoms with Crippen molar-refractivity contribution in [3.05, 3.63) is 24.0 Å². The molecule has 0 aliphatic carbocycles. The molecular weight excluding hydrogens is 219 g/mol. The van der Waals surface area contributed by atoms with Crippen molar-refractivity contribution in [1.82, 2.24) is 4.98 Å². The maximum Gasteiger partial charge on any atom is 0.419 e. The first-order chi connectivity index (χ1) is 6.23. The third-order valence-corrected chi connectivity index (χ3v) is 2.64. The van der Waals surface area contributed by atoms with Gasteiger partial charge in [0.15, 0.2) is 9.84 Å². The van der Waals surface area contributed by atoms with Gasteiger partial charge in [0.25, 0.3) is 0 Å². The standard InChI is InChI=1S/C7H6F3NO2S/c1-14(12,13)6-2-3-11-4-5(6)7(8,9)10/h2-4H,1H3. The van der Waals surface area contributed by atoms with E-state index in [1.807, 2.05) is 0 Å². The Kier molecular flexibility index (Phi) is 2.53. The van der Waals surface area contributed by atoms with E-state index in [9.17, 15) is 21.6 Å². The van der Waals surface area contributed by atoms with Gasteiger partial charge >= 0.3 is 6.18 Å². The van der Waals surface area contributed by atoms with E-state index in [1.165, 1.54) is 0 Å². The molecule has 0 radical (unpaired) electrons. The van der Waals surface area contributed by atoms with Gasteiger partial charge in [-0.2, -0.15) is 13.2 Å². The lowest BCUT2D eigenvalue weighted by Gasteiger charge is -2.09. The van der Waals surface area contributed by atoms with Crippen LogP contribution in [0.3, 0.4) is 0 Å². The van der Waals surface area contributed by atoms with Gasteiger partial charge in [-0.3, -0.25) is 4.98 Å². The molecule has 0 bridgehead atoms. The highest BCUT2D eigenvalue weighted by Gasteiger charge is 2.36. The van der Waals surface area contributed by atoms with Crippen molar-refractivity contribution in [2.45, 2.75) is 11.1 Å². The quantitative estimate of drug-likeness (QED) is 0.727. The lowest BCUT2D eigenvalue weighted by Crippen LogP contribution is -2.12. The van der Waals surface area contributed by atoms with Crippen molar-refractivity contribution in [3.8, 4) is 0 Å². The normalized spacial score (nSPS) is 12.9. The summed E-state index contributed by atoms with van der Waals surface area (Å²) in [6.45, 7) is 0. The summed E-state index contributed by atoms with van der Waals surface area (Å²) in [6.07, 6.45) is -2.48. The summed E-state index contributed by atoms with van der Waals surface area (Å²) in [5.74, 6) is 0. The summed E-state index contributed by atoms with van der Waals surface area (Å²) in [5, 5.41) is 0. The first-order valence-corrected chi connectivity index (χ1v) is 5.33. The number of alkyl halides is 3. The van der Waals surface area contributed by atoms with Crippen LogP contribution in [0.15, 0.2) is 23.4 Å². The predicted molar refractivity (Wildman–Crippen MR) is 42.3 cm³/mol. The predicted octanol–water partition coefficient (Wildman–Crippen LogP) is 1.50. The van der Waals surface area contributed by atoms with Crippen LogP contribution in [-0.4, -0.2) is 19.7 Å². The Bertz CT molecular complexity index is 438. The summed E-state index contributed by atoms with van der Waals surface area (Å²) < 4.78 is 58.8. The largest absolute Gasteiger partial charge is 0.419 e. The molecule has 1 aromatic heterocycles. The SMILES string of the molecule is CS(=O)(=O)c1ccncc1C(F)(F)F. The van der Waals surface area contributed by atoms with Gasteiger partial charge in [-0.25, -0.2) is 8.42 Å². The van der Waals surface area contributed by atoms with Gasteiger partial charge in [0.2, 0.25) is 0 Å². The monoisotopic (exact) mass is 225 g/mol. The molecule has 1 rings (SSSR count). The average Bonchev–Trinajstić information content (AvgIpc) is 2.01. The molecule has 0 unspecified atom stereocenters. The lowest BCUT2D eigenvalue weighted by molar-refractivity contribution is -0.140. The molecule has 78 valence electrons. The fraction of sp³-hybridized carbons (Fsp3) is 0.286. The summed E-state index contributed by atoms with van der Waals surface area (Å²) in [6, 6.07) is 0.832. The molecule has 7 heteroatoms. The van der Waals surface area contributed by atoms with Crippen LogP contribution in [0.25, 0.3) is 0 Å². The molecule has 0 aromatic carbocycles. The summed E-state index contributed by atoms with van der Waals surface area (Å²) in [7, 11) is -3.88. The number of sulfone groups is 1.